The third-order valence-electron chi connectivity index (χ3n) is 2.95. The Morgan fingerprint density at radius 1 is 1.19 bits per heavy atom. The number of hydrogen-bond donors (Lipinski definition) is 3. The lowest BCUT2D eigenvalue weighted by Gasteiger charge is -2.11. The van der Waals surface area contributed by atoms with Gasteiger partial charge in [0, 0.05) is 18.5 Å². The van der Waals surface area contributed by atoms with Crippen molar-refractivity contribution in [3.8, 4) is 0 Å². The fourth-order valence-electron chi connectivity index (χ4n) is 1.89. The van der Waals surface area contributed by atoms with E-state index in [1.807, 2.05) is 32.0 Å². The molecule has 0 saturated carbocycles. The van der Waals surface area contributed by atoms with Gasteiger partial charge in [0.15, 0.2) is 0 Å². The molecule has 0 aliphatic carbocycles. The molecule has 0 saturated heterocycles. The molecule has 1 unspecified atom stereocenters. The molecule has 6 nitrogen and oxygen atoms in total. The number of carbonyl (C=O) groups excluding carboxylic acids is 2. The van der Waals surface area contributed by atoms with Gasteiger partial charge >= 0.3 is 12.0 Å². The van der Waals surface area contributed by atoms with Crippen molar-refractivity contribution in [3.05, 3.63) is 29.3 Å². The maximum Gasteiger partial charge on any atom is 0.325 e. The number of carboxylic acids is 1. The largest absolute Gasteiger partial charge is 0.481 e. The minimum Gasteiger partial charge on any atom is -0.481 e. The summed E-state index contributed by atoms with van der Waals surface area (Å²) in [5.41, 5.74) is 2.53. The van der Waals surface area contributed by atoms with Crippen molar-refractivity contribution in [3.63, 3.8) is 0 Å². The Hall–Kier alpha value is -2.37. The van der Waals surface area contributed by atoms with Crippen LogP contribution in [0.4, 0.5) is 10.5 Å². The number of aliphatic carboxylic acids is 1. The van der Waals surface area contributed by atoms with Crippen LogP contribution in [0.15, 0.2) is 18.2 Å². The number of aryl methyl sites for hydroxylation is 2. The fourth-order valence-corrected chi connectivity index (χ4v) is 1.89. The second-order valence-electron chi connectivity index (χ2n) is 5.23. The molecule has 21 heavy (non-hydrogen) atoms. The van der Waals surface area contributed by atoms with E-state index in [1.165, 1.54) is 0 Å². The highest BCUT2D eigenvalue weighted by molar-refractivity contribution is 6.01. The molecule has 0 spiro atoms. The normalized spacial score (nSPS) is 11.6. The number of nitrogens with one attached hydrogen (secondary N) is 2. The maximum atomic E-state index is 11.7. The van der Waals surface area contributed by atoms with Gasteiger partial charge in [-0.25, -0.2) is 4.79 Å². The van der Waals surface area contributed by atoms with E-state index in [4.69, 9.17) is 5.11 Å². The van der Waals surface area contributed by atoms with Crippen molar-refractivity contribution in [2.24, 2.45) is 5.92 Å². The lowest BCUT2D eigenvalue weighted by Crippen LogP contribution is -2.35. The molecule has 0 fully saturated rings. The molecule has 0 aliphatic rings. The predicted octanol–water partition coefficient (Wildman–Crippen LogP) is 2.45. The standard InChI is InChI=1S/C15H20N2O4/c1-9-4-5-11(3)12(6-9)16-15(21)17-13(18)7-10(2)8-14(19)20/h4-6,10H,7-8H2,1-3H3,(H,19,20)(H2,16,17,18,21). The van der Waals surface area contributed by atoms with Crippen molar-refractivity contribution in [2.75, 3.05) is 5.32 Å². The van der Waals surface area contributed by atoms with Crippen LogP contribution in [-0.2, 0) is 9.59 Å². The van der Waals surface area contributed by atoms with Gasteiger partial charge in [0.25, 0.3) is 0 Å². The highest BCUT2D eigenvalue weighted by Crippen LogP contribution is 2.16. The lowest BCUT2D eigenvalue weighted by atomic mass is 10.0. The zero-order valence-electron chi connectivity index (χ0n) is 12.4. The van der Waals surface area contributed by atoms with Crippen LogP contribution in [0.2, 0.25) is 0 Å². The highest BCUT2D eigenvalue weighted by Gasteiger charge is 2.15. The summed E-state index contributed by atoms with van der Waals surface area (Å²) in [6.07, 6.45) is -0.113. The molecule has 6 heteroatoms. The van der Waals surface area contributed by atoms with E-state index in [2.05, 4.69) is 10.6 Å². The van der Waals surface area contributed by atoms with Crippen molar-refractivity contribution in [1.82, 2.24) is 5.32 Å². The molecule has 114 valence electrons. The summed E-state index contributed by atoms with van der Waals surface area (Å²) in [6, 6.07) is 5.00. The number of rotatable bonds is 5. The van der Waals surface area contributed by atoms with E-state index in [0.29, 0.717) is 5.69 Å². The molecule has 1 atom stereocenters. The molecule has 3 N–H and O–H groups in total. The van der Waals surface area contributed by atoms with Crippen LogP contribution in [0.3, 0.4) is 0 Å². The second-order valence-corrected chi connectivity index (χ2v) is 5.23. The monoisotopic (exact) mass is 292 g/mol. The van der Waals surface area contributed by atoms with E-state index < -0.39 is 17.9 Å². The first-order chi connectivity index (χ1) is 9.77. The zero-order chi connectivity index (χ0) is 16.0. The van der Waals surface area contributed by atoms with Crippen LogP contribution in [0.25, 0.3) is 0 Å². The average molecular weight is 292 g/mol. The Kier molecular flexibility index (Phi) is 5.90. The number of carbonyl (C=O) groups is 3. The molecule has 0 heterocycles. The third-order valence-corrected chi connectivity index (χ3v) is 2.95. The SMILES string of the molecule is Cc1ccc(C)c(NC(=O)NC(=O)CC(C)CC(=O)O)c1. The topological polar surface area (TPSA) is 95.5 Å². The first kappa shape index (κ1) is 16.7. The number of benzene rings is 1. The first-order valence-electron chi connectivity index (χ1n) is 6.67. The summed E-state index contributed by atoms with van der Waals surface area (Å²) < 4.78 is 0. The summed E-state index contributed by atoms with van der Waals surface area (Å²) >= 11 is 0. The van der Waals surface area contributed by atoms with Gasteiger partial charge in [0.1, 0.15) is 0 Å². The number of hydrogen-bond acceptors (Lipinski definition) is 3. The van der Waals surface area contributed by atoms with Crippen LogP contribution in [0.1, 0.15) is 30.9 Å². The van der Waals surface area contributed by atoms with Gasteiger partial charge in [-0.05, 0) is 37.0 Å². The van der Waals surface area contributed by atoms with Gasteiger partial charge < -0.3 is 10.4 Å². The van der Waals surface area contributed by atoms with Gasteiger partial charge in [-0.15, -0.1) is 0 Å². The molecule has 0 radical (unpaired) electrons. The minimum atomic E-state index is -0.963. The van der Waals surface area contributed by atoms with Gasteiger partial charge in [-0.1, -0.05) is 19.1 Å². The van der Waals surface area contributed by atoms with Crippen LogP contribution >= 0.6 is 0 Å². The maximum absolute atomic E-state index is 11.7. The predicted molar refractivity (Wildman–Crippen MR) is 79.1 cm³/mol. The average Bonchev–Trinajstić information content (AvgIpc) is 2.32. The zero-order valence-corrected chi connectivity index (χ0v) is 12.4. The number of imide groups is 1. The van der Waals surface area contributed by atoms with Gasteiger partial charge in [0.2, 0.25) is 5.91 Å². The summed E-state index contributed by atoms with van der Waals surface area (Å²) in [5, 5.41) is 13.4. The van der Waals surface area contributed by atoms with Crippen molar-refractivity contribution >= 4 is 23.6 Å². The van der Waals surface area contributed by atoms with Crippen LogP contribution in [-0.4, -0.2) is 23.0 Å². The Balaban J connectivity index is 2.51. The van der Waals surface area contributed by atoms with Crippen LogP contribution in [0.5, 0.6) is 0 Å². The van der Waals surface area contributed by atoms with E-state index in [0.717, 1.165) is 11.1 Å². The Morgan fingerprint density at radius 2 is 1.86 bits per heavy atom. The fraction of sp³-hybridized carbons (Fsp3) is 0.400. The number of carboxylic acid groups (broad SMARTS) is 1. The number of urea groups is 1. The molecular formula is C15H20N2O4. The first-order valence-corrected chi connectivity index (χ1v) is 6.67. The highest BCUT2D eigenvalue weighted by atomic mass is 16.4. The van der Waals surface area contributed by atoms with E-state index in [1.54, 1.807) is 6.92 Å². The number of amides is 3. The molecule has 1 aromatic rings. The quantitative estimate of drug-likeness (QED) is 0.776. The van der Waals surface area contributed by atoms with E-state index in [-0.39, 0.29) is 18.8 Å². The number of anilines is 1. The Labute approximate surface area is 123 Å². The second kappa shape index (κ2) is 7.42. The molecule has 1 aromatic carbocycles. The third kappa shape index (κ3) is 6.07. The lowest BCUT2D eigenvalue weighted by molar-refractivity contribution is -0.138. The van der Waals surface area contributed by atoms with E-state index >= 15 is 0 Å². The Bertz CT molecular complexity index is 555. The molecular weight excluding hydrogens is 272 g/mol. The molecule has 0 bridgehead atoms. The van der Waals surface area contributed by atoms with Crippen molar-refractivity contribution in [2.45, 2.75) is 33.6 Å². The molecule has 1 rings (SSSR count). The summed E-state index contributed by atoms with van der Waals surface area (Å²) in [7, 11) is 0. The summed E-state index contributed by atoms with van der Waals surface area (Å²) in [5.74, 6) is -1.78. The molecule has 0 aliphatic heterocycles. The van der Waals surface area contributed by atoms with Gasteiger partial charge in [-0.2, -0.15) is 0 Å². The smallest absolute Gasteiger partial charge is 0.325 e. The molecule has 3 amide bonds. The van der Waals surface area contributed by atoms with Crippen molar-refractivity contribution in [1.29, 1.82) is 0 Å². The summed E-state index contributed by atoms with van der Waals surface area (Å²) in [4.78, 5) is 33.9. The summed E-state index contributed by atoms with van der Waals surface area (Å²) in [6.45, 7) is 5.41. The Morgan fingerprint density at radius 3 is 2.48 bits per heavy atom. The van der Waals surface area contributed by atoms with Crippen molar-refractivity contribution < 1.29 is 19.5 Å². The van der Waals surface area contributed by atoms with Gasteiger partial charge in [0.05, 0.1) is 0 Å². The van der Waals surface area contributed by atoms with Gasteiger partial charge in [-0.3, -0.25) is 14.9 Å². The van der Waals surface area contributed by atoms with E-state index in [9.17, 15) is 14.4 Å². The van der Waals surface area contributed by atoms with Crippen LogP contribution in [0, 0.1) is 19.8 Å². The molecule has 0 aromatic heterocycles. The van der Waals surface area contributed by atoms with Crippen LogP contribution < -0.4 is 10.6 Å². The minimum absolute atomic E-state index is 0.00742.